The summed E-state index contributed by atoms with van der Waals surface area (Å²) in [6.07, 6.45) is 1.84. The van der Waals surface area contributed by atoms with Gasteiger partial charge in [-0.3, -0.25) is 0 Å². The van der Waals surface area contributed by atoms with Crippen LogP contribution in [0.3, 0.4) is 0 Å². The predicted molar refractivity (Wildman–Crippen MR) is 66.0 cm³/mol. The maximum absolute atomic E-state index is 10.3. The summed E-state index contributed by atoms with van der Waals surface area (Å²) in [4.78, 5) is 0. The normalized spacial score (nSPS) is 25.3. The molecule has 98 valence electrons. The van der Waals surface area contributed by atoms with E-state index in [2.05, 4.69) is 0 Å². The van der Waals surface area contributed by atoms with Crippen molar-refractivity contribution in [2.24, 2.45) is 0 Å². The van der Waals surface area contributed by atoms with Gasteiger partial charge in [-0.15, -0.1) is 0 Å². The van der Waals surface area contributed by atoms with E-state index in [1.165, 1.54) is 0 Å². The number of ether oxygens (including phenoxy) is 3. The number of aliphatic hydroxyl groups is 1. The molecule has 1 aromatic rings. The maximum atomic E-state index is 10.3. The van der Waals surface area contributed by atoms with E-state index in [0.29, 0.717) is 19.6 Å². The van der Waals surface area contributed by atoms with E-state index in [0.717, 1.165) is 29.9 Å². The third-order valence-corrected chi connectivity index (χ3v) is 3.87. The minimum Gasteiger partial charge on any atom is -0.497 e. The third-order valence-electron chi connectivity index (χ3n) is 3.87. The van der Waals surface area contributed by atoms with Gasteiger partial charge in [-0.25, -0.2) is 0 Å². The van der Waals surface area contributed by atoms with E-state index in [4.69, 9.17) is 14.2 Å². The van der Waals surface area contributed by atoms with Crippen LogP contribution in [0.5, 0.6) is 11.5 Å². The quantitative estimate of drug-likeness (QED) is 0.828. The molecule has 0 aliphatic carbocycles. The highest BCUT2D eigenvalue weighted by Crippen LogP contribution is 2.44. The van der Waals surface area contributed by atoms with Gasteiger partial charge in [-0.2, -0.15) is 0 Å². The Morgan fingerprint density at radius 1 is 1.33 bits per heavy atom. The molecule has 4 heteroatoms. The highest BCUT2D eigenvalue weighted by atomic mass is 16.5. The van der Waals surface area contributed by atoms with Crippen LogP contribution in [0.2, 0.25) is 0 Å². The SMILES string of the molecule is COc1ccc2c(c1)[C@@H](O)CC1(CCOCC1)O2. The Kier molecular flexibility index (Phi) is 2.92. The first kappa shape index (κ1) is 11.8. The molecule has 4 nitrogen and oxygen atoms in total. The van der Waals surface area contributed by atoms with Crippen molar-refractivity contribution in [2.75, 3.05) is 20.3 Å². The fourth-order valence-electron chi connectivity index (χ4n) is 2.79. The first-order chi connectivity index (χ1) is 8.72. The minimum absolute atomic E-state index is 0.251. The number of hydrogen-bond donors (Lipinski definition) is 1. The zero-order valence-corrected chi connectivity index (χ0v) is 10.5. The second-order valence-electron chi connectivity index (χ2n) is 5.02. The molecule has 2 heterocycles. The van der Waals surface area contributed by atoms with Gasteiger partial charge in [0, 0.05) is 24.8 Å². The van der Waals surface area contributed by atoms with Crippen molar-refractivity contribution in [3.05, 3.63) is 23.8 Å². The number of benzene rings is 1. The highest BCUT2D eigenvalue weighted by molar-refractivity contribution is 5.43. The summed E-state index contributed by atoms with van der Waals surface area (Å²) in [6, 6.07) is 5.60. The van der Waals surface area contributed by atoms with Gasteiger partial charge in [-0.05, 0) is 18.2 Å². The fourth-order valence-corrected chi connectivity index (χ4v) is 2.79. The monoisotopic (exact) mass is 250 g/mol. The molecule has 0 saturated carbocycles. The number of rotatable bonds is 1. The van der Waals surface area contributed by atoms with Crippen molar-refractivity contribution in [2.45, 2.75) is 31.0 Å². The van der Waals surface area contributed by atoms with Gasteiger partial charge in [0.1, 0.15) is 17.1 Å². The van der Waals surface area contributed by atoms with E-state index in [9.17, 15) is 5.11 Å². The van der Waals surface area contributed by atoms with Crippen LogP contribution in [0.15, 0.2) is 18.2 Å². The summed E-state index contributed by atoms with van der Waals surface area (Å²) >= 11 is 0. The predicted octanol–water partition coefficient (Wildman–Crippen LogP) is 2.06. The van der Waals surface area contributed by atoms with Crippen molar-refractivity contribution in [3.8, 4) is 11.5 Å². The fraction of sp³-hybridized carbons (Fsp3) is 0.571. The van der Waals surface area contributed by atoms with Gasteiger partial charge in [0.2, 0.25) is 0 Å². The Morgan fingerprint density at radius 3 is 2.83 bits per heavy atom. The molecule has 0 aromatic heterocycles. The average Bonchev–Trinajstić information content (AvgIpc) is 2.39. The maximum Gasteiger partial charge on any atom is 0.126 e. The van der Waals surface area contributed by atoms with Gasteiger partial charge >= 0.3 is 0 Å². The Labute approximate surface area is 106 Å². The van der Waals surface area contributed by atoms with E-state index in [1.807, 2.05) is 18.2 Å². The summed E-state index contributed by atoms with van der Waals surface area (Å²) in [5, 5.41) is 10.3. The molecule has 1 spiro atoms. The lowest BCUT2D eigenvalue weighted by molar-refractivity contribution is -0.0839. The van der Waals surface area contributed by atoms with E-state index >= 15 is 0 Å². The molecule has 0 radical (unpaired) electrons. The van der Waals surface area contributed by atoms with Crippen LogP contribution in [0.4, 0.5) is 0 Å². The molecular weight excluding hydrogens is 232 g/mol. The molecule has 1 N–H and O–H groups in total. The molecule has 2 aliphatic heterocycles. The molecule has 0 bridgehead atoms. The molecule has 1 aromatic carbocycles. The third kappa shape index (κ3) is 1.95. The van der Waals surface area contributed by atoms with Gasteiger partial charge in [0.15, 0.2) is 0 Å². The molecule has 1 fully saturated rings. The first-order valence-electron chi connectivity index (χ1n) is 6.35. The van der Waals surface area contributed by atoms with Crippen LogP contribution in [-0.2, 0) is 4.74 Å². The molecule has 18 heavy (non-hydrogen) atoms. The summed E-state index contributed by atoms with van der Waals surface area (Å²) in [7, 11) is 1.62. The minimum atomic E-state index is -0.484. The molecule has 1 atom stereocenters. The average molecular weight is 250 g/mol. The molecule has 3 rings (SSSR count). The zero-order chi connectivity index (χ0) is 12.6. The van der Waals surface area contributed by atoms with Gasteiger partial charge < -0.3 is 19.3 Å². The summed E-state index contributed by atoms with van der Waals surface area (Å²) in [5.74, 6) is 1.52. The standard InChI is InChI=1S/C14H18O4/c1-16-10-2-3-13-11(8-10)12(15)9-14(18-13)4-6-17-7-5-14/h2-3,8,12,15H,4-7,9H2,1H3/t12-/m0/s1. The Balaban J connectivity index is 1.92. The Hall–Kier alpha value is -1.26. The Morgan fingerprint density at radius 2 is 2.11 bits per heavy atom. The lowest BCUT2D eigenvalue weighted by Crippen LogP contribution is -2.45. The second-order valence-corrected chi connectivity index (χ2v) is 5.02. The van der Waals surface area contributed by atoms with Gasteiger partial charge in [0.25, 0.3) is 0 Å². The van der Waals surface area contributed by atoms with Crippen LogP contribution in [0.1, 0.15) is 30.9 Å². The first-order valence-corrected chi connectivity index (χ1v) is 6.35. The van der Waals surface area contributed by atoms with E-state index < -0.39 is 6.10 Å². The second kappa shape index (κ2) is 4.44. The summed E-state index contributed by atoms with van der Waals surface area (Å²) in [5.41, 5.74) is 0.575. The van der Waals surface area contributed by atoms with Crippen molar-refractivity contribution in [1.29, 1.82) is 0 Å². The largest absolute Gasteiger partial charge is 0.497 e. The summed E-state index contributed by atoms with van der Waals surface area (Å²) in [6.45, 7) is 1.41. The van der Waals surface area contributed by atoms with Gasteiger partial charge in [0.05, 0.1) is 26.4 Å². The topological polar surface area (TPSA) is 47.9 Å². The highest BCUT2D eigenvalue weighted by Gasteiger charge is 2.41. The van der Waals surface area contributed by atoms with Crippen molar-refractivity contribution in [1.82, 2.24) is 0 Å². The number of hydrogen-bond acceptors (Lipinski definition) is 4. The Bertz CT molecular complexity index is 437. The van der Waals surface area contributed by atoms with Crippen molar-refractivity contribution >= 4 is 0 Å². The smallest absolute Gasteiger partial charge is 0.126 e. The molecule has 0 amide bonds. The lowest BCUT2D eigenvalue weighted by Gasteiger charge is -2.43. The number of fused-ring (bicyclic) bond motifs is 1. The number of methoxy groups -OCH3 is 1. The molecule has 1 saturated heterocycles. The van der Waals surface area contributed by atoms with Crippen LogP contribution < -0.4 is 9.47 Å². The van der Waals surface area contributed by atoms with Crippen molar-refractivity contribution < 1.29 is 19.3 Å². The van der Waals surface area contributed by atoms with Crippen molar-refractivity contribution in [3.63, 3.8) is 0 Å². The van der Waals surface area contributed by atoms with Crippen LogP contribution >= 0.6 is 0 Å². The molecule has 2 aliphatic rings. The molecule has 0 unspecified atom stereocenters. The lowest BCUT2D eigenvalue weighted by atomic mass is 9.83. The van der Waals surface area contributed by atoms with Crippen LogP contribution in [0.25, 0.3) is 0 Å². The van der Waals surface area contributed by atoms with Crippen LogP contribution in [0, 0.1) is 0 Å². The molecular formula is C14H18O4. The number of aliphatic hydroxyl groups excluding tert-OH is 1. The van der Waals surface area contributed by atoms with E-state index in [1.54, 1.807) is 7.11 Å². The van der Waals surface area contributed by atoms with E-state index in [-0.39, 0.29) is 5.60 Å². The van der Waals surface area contributed by atoms with Gasteiger partial charge in [-0.1, -0.05) is 0 Å². The zero-order valence-electron chi connectivity index (χ0n) is 10.5. The summed E-state index contributed by atoms with van der Waals surface area (Å²) < 4.78 is 16.7. The van der Waals surface area contributed by atoms with Crippen LogP contribution in [-0.4, -0.2) is 31.0 Å².